The number of anilines is 1. The summed E-state index contributed by atoms with van der Waals surface area (Å²) < 4.78 is 17.1. The highest BCUT2D eigenvalue weighted by atomic mass is 19.1. The third-order valence-electron chi connectivity index (χ3n) is 6.64. The zero-order chi connectivity index (χ0) is 26.5. The van der Waals surface area contributed by atoms with Crippen LogP contribution in [0.5, 0.6) is 0 Å². The number of aromatic nitrogens is 2. The van der Waals surface area contributed by atoms with Crippen molar-refractivity contribution in [1.29, 1.82) is 0 Å². The van der Waals surface area contributed by atoms with Crippen LogP contribution in [0, 0.1) is 12.7 Å². The Labute approximate surface area is 221 Å². The van der Waals surface area contributed by atoms with Crippen molar-refractivity contribution < 1.29 is 9.18 Å². The van der Waals surface area contributed by atoms with Gasteiger partial charge in [0.05, 0.1) is 18.3 Å². The van der Waals surface area contributed by atoms with Crippen LogP contribution in [0.3, 0.4) is 0 Å². The Morgan fingerprint density at radius 2 is 1.45 bits per heavy atom. The number of nitrogens with one attached hydrogen (secondary N) is 1. The Hall–Kier alpha value is -4.55. The van der Waals surface area contributed by atoms with Crippen molar-refractivity contribution >= 4 is 11.6 Å². The van der Waals surface area contributed by atoms with Gasteiger partial charge in [0.1, 0.15) is 5.82 Å². The molecule has 0 spiro atoms. The van der Waals surface area contributed by atoms with E-state index in [0.717, 1.165) is 22.4 Å². The average Bonchev–Trinajstić information content (AvgIpc) is 3.30. The molecule has 0 aliphatic carbocycles. The highest BCUT2D eigenvalue weighted by molar-refractivity contribution is 5.96. The average molecular weight is 505 g/mol. The summed E-state index contributed by atoms with van der Waals surface area (Å²) in [4.78, 5) is 13.2. The molecule has 190 valence electrons. The summed E-state index contributed by atoms with van der Waals surface area (Å²) in [6.45, 7) is 2.46. The van der Waals surface area contributed by atoms with Crippen molar-refractivity contribution in [3.8, 4) is 11.1 Å². The van der Waals surface area contributed by atoms with Crippen LogP contribution in [-0.4, -0.2) is 21.7 Å². The first kappa shape index (κ1) is 25.1. The standard InChI is InChI=1S/C32H29FN4O/c1-22-28(21-37(36-22)20-23-11-5-2-6-12-23)27-18-17-26(19-29(27)33)35-32(38)31(34)30(24-13-7-3-8-14-24)25-15-9-4-10-16-25/h2-19,21,30-31H,20,34H2,1H3,(H,35,38). The van der Waals surface area contributed by atoms with Crippen molar-refractivity contribution in [3.63, 3.8) is 0 Å². The molecule has 5 rings (SSSR count). The second kappa shape index (κ2) is 11.2. The van der Waals surface area contributed by atoms with E-state index in [-0.39, 0.29) is 11.8 Å². The Morgan fingerprint density at radius 3 is 2.03 bits per heavy atom. The normalized spacial score (nSPS) is 11.9. The minimum atomic E-state index is -0.874. The number of rotatable bonds is 8. The number of nitrogens with zero attached hydrogens (tertiary/aromatic N) is 2. The van der Waals surface area contributed by atoms with Crippen LogP contribution in [0.15, 0.2) is 115 Å². The summed E-state index contributed by atoms with van der Waals surface area (Å²) in [6.07, 6.45) is 1.85. The quantitative estimate of drug-likeness (QED) is 0.266. The fraction of sp³-hybridized carbons (Fsp3) is 0.125. The summed E-state index contributed by atoms with van der Waals surface area (Å²) in [6, 6.07) is 33.2. The van der Waals surface area contributed by atoms with Crippen LogP contribution in [0.2, 0.25) is 0 Å². The lowest BCUT2D eigenvalue weighted by molar-refractivity contribution is -0.117. The topological polar surface area (TPSA) is 72.9 Å². The number of halogens is 1. The van der Waals surface area contributed by atoms with Gasteiger partial charge in [0.25, 0.3) is 0 Å². The van der Waals surface area contributed by atoms with E-state index in [1.807, 2.05) is 104 Å². The molecular formula is C32H29FN4O. The molecule has 0 aliphatic heterocycles. The van der Waals surface area contributed by atoms with Gasteiger partial charge >= 0.3 is 0 Å². The summed E-state index contributed by atoms with van der Waals surface area (Å²) in [5.74, 6) is -1.18. The fourth-order valence-corrected chi connectivity index (χ4v) is 4.75. The smallest absolute Gasteiger partial charge is 0.242 e. The Bertz CT molecular complexity index is 1480. The Kier molecular flexibility index (Phi) is 7.43. The Balaban J connectivity index is 1.34. The monoisotopic (exact) mass is 504 g/mol. The van der Waals surface area contributed by atoms with Crippen LogP contribution in [0.4, 0.5) is 10.1 Å². The van der Waals surface area contributed by atoms with Gasteiger partial charge in [-0.25, -0.2) is 4.39 Å². The van der Waals surface area contributed by atoms with Crippen molar-refractivity contribution in [2.75, 3.05) is 5.32 Å². The second-order valence-electron chi connectivity index (χ2n) is 9.32. The highest BCUT2D eigenvalue weighted by Crippen LogP contribution is 2.30. The molecule has 3 N–H and O–H groups in total. The number of hydrogen-bond donors (Lipinski definition) is 2. The van der Waals surface area contributed by atoms with Gasteiger partial charge in [-0.3, -0.25) is 9.48 Å². The van der Waals surface area contributed by atoms with E-state index in [0.29, 0.717) is 23.4 Å². The molecular weight excluding hydrogens is 475 g/mol. The van der Waals surface area contributed by atoms with Gasteiger partial charge in [0.2, 0.25) is 5.91 Å². The van der Waals surface area contributed by atoms with Crippen LogP contribution in [0.25, 0.3) is 11.1 Å². The van der Waals surface area contributed by atoms with Crippen molar-refractivity contribution in [2.24, 2.45) is 5.73 Å². The van der Waals surface area contributed by atoms with Gasteiger partial charge in [0.15, 0.2) is 0 Å². The van der Waals surface area contributed by atoms with Gasteiger partial charge in [-0.2, -0.15) is 5.10 Å². The number of aryl methyl sites for hydroxylation is 1. The first-order chi connectivity index (χ1) is 18.5. The van der Waals surface area contributed by atoms with E-state index in [9.17, 15) is 4.79 Å². The molecule has 0 radical (unpaired) electrons. The first-order valence-corrected chi connectivity index (χ1v) is 12.5. The number of nitrogens with two attached hydrogens (primary N) is 1. The summed E-state index contributed by atoms with van der Waals surface area (Å²) >= 11 is 0. The zero-order valence-electron chi connectivity index (χ0n) is 21.1. The summed E-state index contributed by atoms with van der Waals surface area (Å²) in [5, 5.41) is 7.37. The fourth-order valence-electron chi connectivity index (χ4n) is 4.75. The predicted molar refractivity (Wildman–Crippen MR) is 149 cm³/mol. The largest absolute Gasteiger partial charge is 0.325 e. The lowest BCUT2D eigenvalue weighted by Gasteiger charge is -2.24. The maximum Gasteiger partial charge on any atom is 0.242 e. The molecule has 0 aliphatic rings. The molecule has 5 aromatic rings. The van der Waals surface area contributed by atoms with E-state index in [1.165, 1.54) is 6.07 Å². The molecule has 0 fully saturated rings. The van der Waals surface area contributed by atoms with E-state index in [1.54, 1.807) is 16.8 Å². The SMILES string of the molecule is Cc1nn(Cc2ccccc2)cc1-c1ccc(NC(=O)C(N)C(c2ccccc2)c2ccccc2)cc1F. The Morgan fingerprint density at radius 1 is 0.868 bits per heavy atom. The molecule has 1 atom stereocenters. The van der Waals surface area contributed by atoms with Crippen molar-refractivity contribution in [3.05, 3.63) is 144 Å². The van der Waals surface area contributed by atoms with Crippen molar-refractivity contribution in [1.82, 2.24) is 9.78 Å². The lowest BCUT2D eigenvalue weighted by atomic mass is 9.85. The van der Waals surface area contributed by atoms with Crippen molar-refractivity contribution in [2.45, 2.75) is 25.4 Å². The van der Waals surface area contributed by atoms with Gasteiger partial charge in [0, 0.05) is 28.9 Å². The minimum Gasteiger partial charge on any atom is -0.325 e. The second-order valence-corrected chi connectivity index (χ2v) is 9.32. The van der Waals surface area contributed by atoms with E-state index >= 15 is 4.39 Å². The summed E-state index contributed by atoms with van der Waals surface area (Å²) in [5.41, 5.74) is 11.7. The molecule has 1 amide bonds. The summed E-state index contributed by atoms with van der Waals surface area (Å²) in [7, 11) is 0. The highest BCUT2D eigenvalue weighted by Gasteiger charge is 2.28. The van der Waals surface area contributed by atoms with Crippen LogP contribution >= 0.6 is 0 Å². The third kappa shape index (κ3) is 5.56. The lowest BCUT2D eigenvalue weighted by Crippen LogP contribution is -2.41. The molecule has 0 bridgehead atoms. The van der Waals surface area contributed by atoms with E-state index in [2.05, 4.69) is 10.4 Å². The maximum absolute atomic E-state index is 15.3. The molecule has 4 aromatic carbocycles. The molecule has 1 unspecified atom stereocenters. The predicted octanol–water partition coefficient (Wildman–Crippen LogP) is 6.14. The maximum atomic E-state index is 15.3. The van der Waals surface area contributed by atoms with E-state index < -0.39 is 11.9 Å². The van der Waals surface area contributed by atoms with Gasteiger partial charge < -0.3 is 11.1 Å². The minimum absolute atomic E-state index is 0.348. The van der Waals surface area contributed by atoms with Crippen LogP contribution in [0.1, 0.15) is 28.3 Å². The van der Waals surface area contributed by atoms with Gasteiger partial charge in [-0.05, 0) is 41.8 Å². The molecule has 0 saturated heterocycles. The number of benzene rings is 4. The third-order valence-corrected chi connectivity index (χ3v) is 6.64. The number of amides is 1. The van der Waals surface area contributed by atoms with E-state index in [4.69, 9.17) is 5.73 Å². The molecule has 1 heterocycles. The van der Waals surface area contributed by atoms with Crippen LogP contribution in [-0.2, 0) is 11.3 Å². The molecule has 1 aromatic heterocycles. The molecule has 6 heteroatoms. The van der Waals surface area contributed by atoms with Gasteiger partial charge in [-0.1, -0.05) is 91.0 Å². The molecule has 38 heavy (non-hydrogen) atoms. The number of hydrogen-bond acceptors (Lipinski definition) is 3. The zero-order valence-corrected chi connectivity index (χ0v) is 21.1. The molecule has 5 nitrogen and oxygen atoms in total. The number of carbonyl (C=O) groups excluding carboxylic acids is 1. The van der Waals surface area contributed by atoms with Gasteiger partial charge in [-0.15, -0.1) is 0 Å². The first-order valence-electron chi connectivity index (χ1n) is 12.5. The number of carbonyl (C=O) groups is 1. The van der Waals surface area contributed by atoms with Crippen LogP contribution < -0.4 is 11.1 Å². The molecule has 0 saturated carbocycles.